The van der Waals surface area contributed by atoms with Gasteiger partial charge in [-0.3, -0.25) is 19.9 Å². The quantitative estimate of drug-likeness (QED) is 0.290. The highest BCUT2D eigenvalue weighted by atomic mass is 16.5. The number of nitrogens with one attached hydrogen (secondary N) is 3. The van der Waals surface area contributed by atoms with Crippen LogP contribution in [-0.4, -0.2) is 38.2 Å². The molecule has 0 aliphatic carbocycles. The number of nitrogens with zero attached hydrogens (tertiary/aromatic N) is 3. The Kier molecular flexibility index (Phi) is 5.61. The highest BCUT2D eigenvalue weighted by Crippen LogP contribution is 2.41. The number of carbonyl (C=O) groups is 1. The van der Waals surface area contributed by atoms with Crippen LogP contribution in [0.1, 0.15) is 21.6 Å². The van der Waals surface area contributed by atoms with Crippen LogP contribution in [0.3, 0.4) is 0 Å². The van der Waals surface area contributed by atoms with E-state index in [9.17, 15) is 4.79 Å². The molecule has 8 heteroatoms. The van der Waals surface area contributed by atoms with Crippen LogP contribution in [0.15, 0.2) is 79.4 Å². The number of hydrogen-bond donors (Lipinski definition) is 3. The smallest absolute Gasteiger partial charge is 0.251 e. The summed E-state index contributed by atoms with van der Waals surface area (Å²) in [5.74, 6) is 0.609. The third kappa shape index (κ3) is 4.08. The summed E-state index contributed by atoms with van der Waals surface area (Å²) >= 11 is 0. The Morgan fingerprint density at radius 2 is 1.89 bits per heavy atom. The second kappa shape index (κ2) is 9.23. The number of aromatic amines is 2. The summed E-state index contributed by atoms with van der Waals surface area (Å²) in [7, 11) is 1.67. The van der Waals surface area contributed by atoms with E-state index in [0.29, 0.717) is 12.1 Å². The standard InChI is InChI=1S/C29H24N6O2/c1-17-21(15-33-35-17)14-32-29(36)19-7-5-18(6-8-19)27-26(37-2)10-9-23-28(27)22-12-24(31-16-25(22)34-23)20-4-3-11-30-13-20/h3-13,15-16,34H,14H2,1-2H3,(H,32,36)(H,33,35). The minimum absolute atomic E-state index is 0.142. The number of methoxy groups -OCH3 is 1. The van der Waals surface area contributed by atoms with Crippen LogP contribution in [0.2, 0.25) is 0 Å². The highest BCUT2D eigenvalue weighted by molar-refractivity contribution is 6.16. The summed E-state index contributed by atoms with van der Waals surface area (Å²) in [4.78, 5) is 25.1. The minimum atomic E-state index is -0.142. The van der Waals surface area contributed by atoms with Crippen molar-refractivity contribution < 1.29 is 9.53 Å². The highest BCUT2D eigenvalue weighted by Gasteiger charge is 2.17. The topological polar surface area (TPSA) is 109 Å². The van der Waals surface area contributed by atoms with E-state index < -0.39 is 0 Å². The van der Waals surface area contributed by atoms with Crippen molar-refractivity contribution in [2.45, 2.75) is 13.5 Å². The molecule has 182 valence electrons. The van der Waals surface area contributed by atoms with E-state index >= 15 is 0 Å². The molecular weight excluding hydrogens is 464 g/mol. The summed E-state index contributed by atoms with van der Waals surface area (Å²) in [6.07, 6.45) is 7.20. The van der Waals surface area contributed by atoms with E-state index in [1.165, 1.54) is 0 Å². The van der Waals surface area contributed by atoms with Crippen molar-refractivity contribution in [1.82, 2.24) is 30.5 Å². The number of aromatic nitrogens is 5. The maximum Gasteiger partial charge on any atom is 0.251 e. The van der Waals surface area contributed by atoms with E-state index in [-0.39, 0.29) is 5.91 Å². The second-order valence-electron chi connectivity index (χ2n) is 8.80. The molecule has 6 aromatic rings. The van der Waals surface area contributed by atoms with E-state index in [2.05, 4.69) is 36.5 Å². The number of H-pyrrole nitrogens is 2. The van der Waals surface area contributed by atoms with Crippen LogP contribution in [0.5, 0.6) is 5.75 Å². The Morgan fingerprint density at radius 3 is 2.62 bits per heavy atom. The number of ether oxygens (including phenoxy) is 1. The number of pyridine rings is 2. The third-order valence-electron chi connectivity index (χ3n) is 6.60. The summed E-state index contributed by atoms with van der Waals surface area (Å²) in [5, 5.41) is 11.9. The van der Waals surface area contributed by atoms with Gasteiger partial charge in [-0.2, -0.15) is 5.10 Å². The van der Waals surface area contributed by atoms with Crippen LogP contribution in [-0.2, 0) is 6.54 Å². The molecule has 1 amide bonds. The third-order valence-corrected chi connectivity index (χ3v) is 6.60. The SMILES string of the molecule is COc1ccc2[nH]c3cnc(-c4cccnc4)cc3c2c1-c1ccc(C(=O)NCc2c[nH]nc2C)cc1. The molecule has 0 saturated heterocycles. The first-order chi connectivity index (χ1) is 18.1. The molecule has 0 bridgehead atoms. The fourth-order valence-electron chi connectivity index (χ4n) is 4.63. The Labute approximate surface area is 212 Å². The lowest BCUT2D eigenvalue weighted by Crippen LogP contribution is -2.22. The van der Waals surface area contributed by atoms with E-state index in [1.54, 1.807) is 19.5 Å². The van der Waals surface area contributed by atoms with Gasteiger partial charge in [0, 0.05) is 63.7 Å². The fraction of sp³-hybridized carbons (Fsp3) is 0.103. The normalized spacial score (nSPS) is 11.2. The number of rotatable bonds is 6. The van der Waals surface area contributed by atoms with Gasteiger partial charge in [-0.05, 0) is 55.0 Å². The van der Waals surface area contributed by atoms with Crippen LogP contribution in [0.25, 0.3) is 44.2 Å². The van der Waals surface area contributed by atoms with Gasteiger partial charge in [0.25, 0.3) is 5.91 Å². The zero-order valence-corrected chi connectivity index (χ0v) is 20.4. The Bertz CT molecular complexity index is 1740. The van der Waals surface area contributed by atoms with Crippen molar-refractivity contribution in [2.24, 2.45) is 0 Å². The molecule has 0 aliphatic heterocycles. The Balaban J connectivity index is 1.40. The monoisotopic (exact) mass is 488 g/mol. The number of aryl methyl sites for hydroxylation is 1. The van der Waals surface area contributed by atoms with Gasteiger partial charge in [-0.1, -0.05) is 12.1 Å². The van der Waals surface area contributed by atoms with Crippen molar-refractivity contribution >= 4 is 27.7 Å². The molecule has 0 atom stereocenters. The largest absolute Gasteiger partial charge is 0.496 e. The average Bonchev–Trinajstić information content (AvgIpc) is 3.54. The molecule has 0 spiro atoms. The summed E-state index contributed by atoms with van der Waals surface area (Å²) in [6.45, 7) is 2.32. The molecule has 3 N–H and O–H groups in total. The molecule has 0 unspecified atom stereocenters. The lowest BCUT2D eigenvalue weighted by Gasteiger charge is -2.12. The predicted molar refractivity (Wildman–Crippen MR) is 143 cm³/mol. The molecule has 4 heterocycles. The number of hydrogen-bond acceptors (Lipinski definition) is 5. The van der Waals surface area contributed by atoms with E-state index in [4.69, 9.17) is 4.74 Å². The molecule has 8 nitrogen and oxygen atoms in total. The van der Waals surface area contributed by atoms with Gasteiger partial charge in [0.15, 0.2) is 0 Å². The van der Waals surface area contributed by atoms with Crippen LogP contribution in [0, 0.1) is 6.92 Å². The summed E-state index contributed by atoms with van der Waals surface area (Å²) in [6, 6.07) is 17.5. The van der Waals surface area contributed by atoms with Gasteiger partial charge in [0.05, 0.1) is 30.2 Å². The van der Waals surface area contributed by atoms with Crippen molar-refractivity contribution in [3.05, 3.63) is 96.2 Å². The minimum Gasteiger partial charge on any atom is -0.496 e. The number of carbonyl (C=O) groups excluding carboxylic acids is 1. The van der Waals surface area contributed by atoms with Crippen LogP contribution < -0.4 is 10.1 Å². The first-order valence-corrected chi connectivity index (χ1v) is 11.9. The zero-order valence-electron chi connectivity index (χ0n) is 20.4. The lowest BCUT2D eigenvalue weighted by molar-refractivity contribution is 0.0951. The first-order valence-electron chi connectivity index (χ1n) is 11.9. The lowest BCUT2D eigenvalue weighted by atomic mass is 9.97. The predicted octanol–water partition coefficient (Wildman–Crippen LogP) is 5.42. The molecule has 0 saturated carbocycles. The van der Waals surface area contributed by atoms with Gasteiger partial charge < -0.3 is 15.0 Å². The molecule has 4 aromatic heterocycles. The molecule has 37 heavy (non-hydrogen) atoms. The fourth-order valence-corrected chi connectivity index (χ4v) is 4.63. The average molecular weight is 489 g/mol. The van der Waals surface area contributed by atoms with Crippen molar-refractivity contribution in [3.8, 4) is 28.1 Å². The van der Waals surface area contributed by atoms with Crippen molar-refractivity contribution in [3.63, 3.8) is 0 Å². The van der Waals surface area contributed by atoms with Crippen LogP contribution in [0.4, 0.5) is 0 Å². The van der Waals surface area contributed by atoms with Gasteiger partial charge in [-0.15, -0.1) is 0 Å². The molecular formula is C29H24N6O2. The van der Waals surface area contributed by atoms with Gasteiger partial charge in [0.2, 0.25) is 0 Å². The number of benzene rings is 2. The number of amides is 1. The molecule has 6 rings (SSSR count). The maximum atomic E-state index is 12.8. The van der Waals surface area contributed by atoms with Crippen molar-refractivity contribution in [1.29, 1.82) is 0 Å². The van der Waals surface area contributed by atoms with E-state index in [1.807, 2.05) is 67.8 Å². The zero-order chi connectivity index (χ0) is 25.4. The molecule has 2 aromatic carbocycles. The summed E-state index contributed by atoms with van der Waals surface area (Å²) < 4.78 is 5.78. The van der Waals surface area contributed by atoms with Crippen molar-refractivity contribution in [2.75, 3.05) is 7.11 Å². The second-order valence-corrected chi connectivity index (χ2v) is 8.80. The maximum absolute atomic E-state index is 12.8. The summed E-state index contributed by atoms with van der Waals surface area (Å²) in [5.41, 5.74) is 8.02. The number of fused-ring (bicyclic) bond motifs is 3. The molecule has 0 aliphatic rings. The Hall–Kier alpha value is -4.98. The van der Waals surface area contributed by atoms with Gasteiger partial charge in [0.1, 0.15) is 5.75 Å². The van der Waals surface area contributed by atoms with E-state index in [0.717, 1.165) is 61.2 Å². The molecule has 0 fully saturated rings. The van der Waals surface area contributed by atoms with Gasteiger partial charge in [-0.25, -0.2) is 0 Å². The van der Waals surface area contributed by atoms with Crippen LogP contribution >= 0.6 is 0 Å². The first kappa shape index (κ1) is 22.5. The molecule has 0 radical (unpaired) electrons. The van der Waals surface area contributed by atoms with Gasteiger partial charge >= 0.3 is 0 Å². The Morgan fingerprint density at radius 1 is 1.03 bits per heavy atom.